The molecule has 2 aliphatic rings. The van der Waals surface area contributed by atoms with Gasteiger partial charge in [0.2, 0.25) is 11.8 Å². The predicted octanol–water partition coefficient (Wildman–Crippen LogP) is 1.64. The van der Waals surface area contributed by atoms with Crippen molar-refractivity contribution in [3.05, 3.63) is 0 Å². The number of amides is 3. The zero-order valence-corrected chi connectivity index (χ0v) is 17.1. The third-order valence-corrected chi connectivity index (χ3v) is 5.94. The molecule has 5 N–H and O–H groups in total. The summed E-state index contributed by atoms with van der Waals surface area (Å²) in [6, 6.07) is -1.41. The number of primary amides is 1. The summed E-state index contributed by atoms with van der Waals surface area (Å²) in [7, 11) is 0. The van der Waals surface area contributed by atoms with Crippen molar-refractivity contribution in [3.63, 3.8) is 0 Å². The number of alkyl halides is 2. The average molecular weight is 419 g/mol. The van der Waals surface area contributed by atoms with Gasteiger partial charge < -0.3 is 21.3 Å². The van der Waals surface area contributed by atoms with Crippen molar-refractivity contribution in [2.75, 3.05) is 0 Å². The van der Waals surface area contributed by atoms with Gasteiger partial charge in [0.25, 0.3) is 0 Å². The maximum atomic E-state index is 15.2. The Morgan fingerprint density at radius 3 is 2.14 bits per heavy atom. The van der Waals surface area contributed by atoms with Crippen molar-refractivity contribution in [1.82, 2.24) is 10.2 Å². The van der Waals surface area contributed by atoms with Gasteiger partial charge in [0.15, 0.2) is 6.10 Å². The minimum absolute atomic E-state index is 0.218. The van der Waals surface area contributed by atoms with Gasteiger partial charge in [-0.3, -0.25) is 14.5 Å². The number of nitrogens with two attached hydrogens (primary N) is 1. The normalized spacial score (nSPS) is 28.1. The van der Waals surface area contributed by atoms with Gasteiger partial charge in [0, 0.05) is 24.8 Å². The van der Waals surface area contributed by atoms with E-state index >= 15 is 4.39 Å². The molecule has 0 spiro atoms. The van der Waals surface area contributed by atoms with Crippen LogP contribution in [0.5, 0.6) is 0 Å². The number of aliphatic hydroxyl groups is 1. The Labute approximate surface area is 168 Å². The van der Waals surface area contributed by atoms with Gasteiger partial charge >= 0.3 is 6.09 Å². The van der Waals surface area contributed by atoms with E-state index in [1.807, 2.05) is 0 Å². The zero-order valence-electron chi connectivity index (χ0n) is 17.1. The van der Waals surface area contributed by atoms with E-state index in [1.165, 1.54) is 0 Å². The molecule has 0 unspecified atom stereocenters. The Morgan fingerprint density at radius 1 is 1.24 bits per heavy atom. The van der Waals surface area contributed by atoms with E-state index in [-0.39, 0.29) is 32.1 Å². The fraction of sp³-hybridized carbons (Fsp3) is 0.842. The Bertz CT molecular complexity index is 655. The van der Waals surface area contributed by atoms with E-state index < -0.39 is 53.0 Å². The van der Waals surface area contributed by atoms with Crippen LogP contribution in [0.15, 0.2) is 0 Å². The highest BCUT2D eigenvalue weighted by molar-refractivity contribution is 5.88. The van der Waals surface area contributed by atoms with Gasteiger partial charge in [-0.2, -0.15) is 0 Å². The zero-order chi connectivity index (χ0) is 22.2. The SMILES string of the molecule is CC(C)(C)N(C(=O)O)[C@@H](CC1(F)CCCC1)C(=O)NC1([C@H](O)C(N)=O)CC(F)C1. The van der Waals surface area contributed by atoms with Crippen molar-refractivity contribution in [3.8, 4) is 0 Å². The third kappa shape index (κ3) is 4.96. The summed E-state index contributed by atoms with van der Waals surface area (Å²) in [6.45, 7) is 4.74. The van der Waals surface area contributed by atoms with Crippen LogP contribution in [0.3, 0.4) is 0 Å². The molecule has 0 aromatic rings. The average Bonchev–Trinajstić information content (AvgIpc) is 2.96. The number of hydrogen-bond acceptors (Lipinski definition) is 4. The highest BCUT2D eigenvalue weighted by Gasteiger charge is 2.55. The van der Waals surface area contributed by atoms with Crippen molar-refractivity contribution < 1.29 is 33.4 Å². The molecule has 10 heteroatoms. The molecule has 0 radical (unpaired) electrons. The Morgan fingerprint density at radius 2 is 1.76 bits per heavy atom. The van der Waals surface area contributed by atoms with Gasteiger partial charge in [0.1, 0.15) is 17.9 Å². The number of nitrogens with one attached hydrogen (secondary N) is 1. The van der Waals surface area contributed by atoms with Crippen LogP contribution < -0.4 is 11.1 Å². The lowest BCUT2D eigenvalue weighted by molar-refractivity contribution is -0.144. The number of rotatable bonds is 7. The second-order valence-corrected chi connectivity index (χ2v) is 9.36. The van der Waals surface area contributed by atoms with Crippen LogP contribution in [-0.4, -0.2) is 68.1 Å². The molecule has 29 heavy (non-hydrogen) atoms. The van der Waals surface area contributed by atoms with Gasteiger partial charge in [-0.05, 0) is 33.6 Å². The molecule has 0 aliphatic heterocycles. The monoisotopic (exact) mass is 419 g/mol. The van der Waals surface area contributed by atoms with Crippen LogP contribution in [0.4, 0.5) is 13.6 Å². The van der Waals surface area contributed by atoms with Gasteiger partial charge in [-0.25, -0.2) is 13.6 Å². The van der Waals surface area contributed by atoms with Gasteiger partial charge in [-0.1, -0.05) is 12.8 Å². The summed E-state index contributed by atoms with van der Waals surface area (Å²) >= 11 is 0. The van der Waals surface area contributed by atoms with Crippen LogP contribution in [0.25, 0.3) is 0 Å². The lowest BCUT2D eigenvalue weighted by atomic mass is 9.70. The second-order valence-electron chi connectivity index (χ2n) is 9.36. The molecule has 2 atom stereocenters. The number of nitrogens with zero attached hydrogens (tertiary/aromatic N) is 1. The van der Waals surface area contributed by atoms with Crippen molar-refractivity contribution in [1.29, 1.82) is 0 Å². The number of hydrogen-bond donors (Lipinski definition) is 4. The van der Waals surface area contributed by atoms with Gasteiger partial charge in [0.05, 0.1) is 5.54 Å². The van der Waals surface area contributed by atoms with E-state index in [9.17, 15) is 29.0 Å². The maximum Gasteiger partial charge on any atom is 0.408 e. The first-order valence-electron chi connectivity index (χ1n) is 9.85. The minimum Gasteiger partial charge on any atom is -0.465 e. The summed E-state index contributed by atoms with van der Waals surface area (Å²) in [5.74, 6) is -2.00. The molecule has 0 aromatic carbocycles. The summed E-state index contributed by atoms with van der Waals surface area (Å²) < 4.78 is 28.8. The molecule has 2 saturated carbocycles. The minimum atomic E-state index is -1.84. The van der Waals surface area contributed by atoms with E-state index in [2.05, 4.69) is 5.32 Å². The topological polar surface area (TPSA) is 133 Å². The molecular weight excluding hydrogens is 388 g/mol. The fourth-order valence-corrected chi connectivity index (χ4v) is 4.47. The smallest absolute Gasteiger partial charge is 0.408 e. The Hall–Kier alpha value is -1.97. The number of carboxylic acid groups (broad SMARTS) is 1. The Kier molecular flexibility index (Phi) is 6.46. The van der Waals surface area contributed by atoms with Crippen LogP contribution in [0.1, 0.15) is 65.7 Å². The van der Waals surface area contributed by atoms with Crippen molar-refractivity contribution in [2.45, 2.75) is 101 Å². The van der Waals surface area contributed by atoms with Gasteiger partial charge in [-0.15, -0.1) is 0 Å². The first-order chi connectivity index (χ1) is 13.2. The molecule has 2 rings (SSSR count). The molecule has 0 bridgehead atoms. The van der Waals surface area contributed by atoms with E-state index in [4.69, 9.17) is 5.73 Å². The molecule has 2 aliphatic carbocycles. The highest BCUT2D eigenvalue weighted by atomic mass is 19.1. The molecule has 0 saturated heterocycles. The van der Waals surface area contributed by atoms with Crippen molar-refractivity contribution in [2.24, 2.45) is 5.73 Å². The highest BCUT2D eigenvalue weighted by Crippen LogP contribution is 2.41. The van der Waals surface area contributed by atoms with Crippen molar-refractivity contribution >= 4 is 17.9 Å². The predicted molar refractivity (Wildman–Crippen MR) is 101 cm³/mol. The molecule has 2 fully saturated rings. The molecule has 0 heterocycles. The molecule has 0 aromatic heterocycles. The molecule has 3 amide bonds. The number of halogens is 2. The van der Waals surface area contributed by atoms with E-state index in [1.54, 1.807) is 20.8 Å². The van der Waals surface area contributed by atoms with Crippen LogP contribution in [-0.2, 0) is 9.59 Å². The first kappa shape index (κ1) is 23.3. The standard InChI is InChI=1S/C19H31F2N3O5/c1-17(2,3)24(16(28)29)12(10-18(21)6-4-5-7-18)15(27)23-19(8-11(20)9-19)13(25)14(22)26/h11-13,25H,4-10H2,1-3H3,(H2,22,26)(H,23,27)(H,28,29)/t11?,12-,13+,19?/m0/s1. The quantitative estimate of drug-likeness (QED) is 0.498. The summed E-state index contributed by atoms with van der Waals surface area (Å²) in [4.78, 5) is 37.4. The summed E-state index contributed by atoms with van der Waals surface area (Å²) in [5.41, 5.74) is 0.786. The number of carbonyl (C=O) groups is 3. The third-order valence-electron chi connectivity index (χ3n) is 5.94. The molecule has 8 nitrogen and oxygen atoms in total. The summed E-state index contributed by atoms with van der Waals surface area (Å²) in [5, 5.41) is 22.3. The fourth-order valence-electron chi connectivity index (χ4n) is 4.47. The van der Waals surface area contributed by atoms with Crippen LogP contribution in [0.2, 0.25) is 0 Å². The van der Waals surface area contributed by atoms with Crippen LogP contribution in [0, 0.1) is 0 Å². The number of carbonyl (C=O) groups excluding carboxylic acids is 2. The summed E-state index contributed by atoms with van der Waals surface area (Å²) in [6.07, 6.45) is -3.89. The lowest BCUT2D eigenvalue weighted by Gasteiger charge is -2.48. The number of aliphatic hydroxyl groups excluding tert-OH is 1. The Balaban J connectivity index is 2.35. The molecular formula is C19H31F2N3O5. The van der Waals surface area contributed by atoms with E-state index in [0.717, 1.165) is 4.90 Å². The second kappa shape index (κ2) is 8.04. The largest absolute Gasteiger partial charge is 0.465 e. The van der Waals surface area contributed by atoms with E-state index in [0.29, 0.717) is 12.8 Å². The van der Waals surface area contributed by atoms with Crippen LogP contribution >= 0.6 is 0 Å². The maximum absolute atomic E-state index is 15.2. The first-order valence-corrected chi connectivity index (χ1v) is 9.85. The lowest BCUT2D eigenvalue weighted by Crippen LogP contribution is -2.70. The molecule has 166 valence electrons.